The first-order valence-electron chi connectivity index (χ1n) is 5.16. The van der Waals surface area contributed by atoms with Crippen LogP contribution in [0.2, 0.25) is 0 Å². The van der Waals surface area contributed by atoms with Crippen molar-refractivity contribution in [2.75, 3.05) is 7.05 Å². The van der Waals surface area contributed by atoms with Gasteiger partial charge in [-0.3, -0.25) is 5.01 Å². The Bertz CT molecular complexity index is 318. The monoisotopic (exact) mass is 190 g/mol. The third-order valence-electron chi connectivity index (χ3n) is 2.98. The molecule has 0 saturated carbocycles. The highest BCUT2D eigenvalue weighted by molar-refractivity contribution is 5.68. The molecule has 2 unspecified atom stereocenters. The van der Waals surface area contributed by atoms with E-state index >= 15 is 0 Å². The first-order chi connectivity index (χ1) is 6.50. The zero-order valence-electron chi connectivity index (χ0n) is 9.36. The van der Waals surface area contributed by atoms with Crippen molar-refractivity contribution in [2.45, 2.75) is 26.8 Å². The number of nitrogens with zero attached hydrogens (tertiary/aromatic N) is 2. The van der Waals surface area contributed by atoms with Crippen molar-refractivity contribution in [1.29, 1.82) is 0 Å². The van der Waals surface area contributed by atoms with Crippen LogP contribution < -0.4 is 0 Å². The molecule has 2 nitrogen and oxygen atoms in total. The summed E-state index contributed by atoms with van der Waals surface area (Å²) in [6.07, 6.45) is 8.67. The van der Waals surface area contributed by atoms with Gasteiger partial charge in [-0.05, 0) is 11.0 Å². The van der Waals surface area contributed by atoms with Crippen molar-refractivity contribution < 1.29 is 0 Å². The lowest BCUT2D eigenvalue weighted by Gasteiger charge is -2.35. The summed E-state index contributed by atoms with van der Waals surface area (Å²) in [4.78, 5) is 0. The molecule has 1 heterocycles. The van der Waals surface area contributed by atoms with Gasteiger partial charge in [0.15, 0.2) is 0 Å². The fourth-order valence-corrected chi connectivity index (χ4v) is 2.23. The van der Waals surface area contributed by atoms with Crippen LogP contribution in [0.25, 0.3) is 0 Å². The van der Waals surface area contributed by atoms with Crippen LogP contribution in [0.4, 0.5) is 0 Å². The van der Waals surface area contributed by atoms with Gasteiger partial charge < -0.3 is 0 Å². The molecule has 0 bridgehead atoms. The van der Waals surface area contributed by atoms with Crippen LogP contribution in [0.1, 0.15) is 20.8 Å². The van der Waals surface area contributed by atoms with Gasteiger partial charge in [0, 0.05) is 19.2 Å². The van der Waals surface area contributed by atoms with Gasteiger partial charge in [0.05, 0.1) is 6.04 Å². The van der Waals surface area contributed by atoms with E-state index in [1.54, 1.807) is 0 Å². The molecule has 14 heavy (non-hydrogen) atoms. The molecule has 0 aromatic rings. The minimum Gasteiger partial charge on any atom is -0.292 e. The quantitative estimate of drug-likeness (QED) is 0.573. The summed E-state index contributed by atoms with van der Waals surface area (Å²) in [6, 6.07) is 0.444. The molecule has 2 aliphatic rings. The smallest absolute Gasteiger partial charge is 0.0797 e. The minimum atomic E-state index is 0.232. The zero-order chi connectivity index (χ0) is 10.3. The fourth-order valence-electron chi connectivity index (χ4n) is 2.23. The van der Waals surface area contributed by atoms with E-state index in [0.717, 1.165) is 0 Å². The molecule has 0 saturated heterocycles. The normalized spacial score (nSPS) is 30.6. The molecule has 2 atom stereocenters. The topological polar surface area (TPSA) is 15.6 Å². The second-order valence-corrected chi connectivity index (χ2v) is 5.12. The van der Waals surface area contributed by atoms with Crippen molar-refractivity contribution in [1.82, 2.24) is 5.01 Å². The average Bonchev–Trinajstić information content (AvgIpc) is 2.46. The molecule has 1 aliphatic carbocycles. The van der Waals surface area contributed by atoms with E-state index in [-0.39, 0.29) is 5.41 Å². The highest BCUT2D eigenvalue weighted by Gasteiger charge is 2.36. The van der Waals surface area contributed by atoms with Gasteiger partial charge in [0.25, 0.3) is 0 Å². The second kappa shape index (κ2) is 2.97. The minimum absolute atomic E-state index is 0.232. The van der Waals surface area contributed by atoms with E-state index in [1.807, 2.05) is 6.21 Å². The SMILES string of the molecule is CN1N=CC2C=CC=C(C(C)(C)C)C21. The van der Waals surface area contributed by atoms with Gasteiger partial charge in [0.1, 0.15) is 0 Å². The second-order valence-electron chi connectivity index (χ2n) is 5.12. The number of fused-ring (bicyclic) bond motifs is 1. The molecular weight excluding hydrogens is 172 g/mol. The maximum Gasteiger partial charge on any atom is 0.0797 e. The van der Waals surface area contributed by atoms with Crippen LogP contribution in [-0.4, -0.2) is 24.3 Å². The molecule has 0 aromatic carbocycles. The number of rotatable bonds is 0. The van der Waals surface area contributed by atoms with E-state index in [1.165, 1.54) is 5.57 Å². The number of hydrazone groups is 1. The first kappa shape index (κ1) is 9.50. The summed E-state index contributed by atoms with van der Waals surface area (Å²) >= 11 is 0. The average molecular weight is 190 g/mol. The number of hydrogen-bond donors (Lipinski definition) is 0. The molecule has 0 aromatic heterocycles. The molecule has 1 aliphatic heterocycles. The lowest BCUT2D eigenvalue weighted by Crippen LogP contribution is -2.36. The molecular formula is C12H18N2. The Morgan fingerprint density at radius 2 is 2.07 bits per heavy atom. The van der Waals surface area contributed by atoms with E-state index in [2.05, 4.69) is 56.2 Å². The standard InChI is InChI=1S/C12H18N2/c1-12(2,3)10-7-5-6-9-8-13-14(4)11(9)10/h5-9,11H,1-4H3. The highest BCUT2D eigenvalue weighted by atomic mass is 15.5. The Morgan fingerprint density at radius 3 is 2.71 bits per heavy atom. The van der Waals surface area contributed by atoms with Crippen molar-refractivity contribution in [2.24, 2.45) is 16.4 Å². The Labute approximate surface area is 86.0 Å². The first-order valence-corrected chi connectivity index (χ1v) is 5.16. The largest absolute Gasteiger partial charge is 0.292 e. The lowest BCUT2D eigenvalue weighted by atomic mass is 9.76. The van der Waals surface area contributed by atoms with Crippen LogP contribution in [0.3, 0.4) is 0 Å². The Morgan fingerprint density at radius 1 is 1.36 bits per heavy atom. The van der Waals surface area contributed by atoms with Crippen LogP contribution in [0, 0.1) is 11.3 Å². The summed E-state index contributed by atoms with van der Waals surface area (Å²) in [5.74, 6) is 0.472. The van der Waals surface area contributed by atoms with Crippen LogP contribution in [-0.2, 0) is 0 Å². The lowest BCUT2D eigenvalue weighted by molar-refractivity contribution is 0.260. The van der Waals surface area contributed by atoms with E-state index < -0.39 is 0 Å². The van der Waals surface area contributed by atoms with Crippen molar-refractivity contribution >= 4 is 6.21 Å². The van der Waals surface area contributed by atoms with Gasteiger partial charge in [-0.25, -0.2) is 0 Å². The molecule has 0 fully saturated rings. The maximum atomic E-state index is 4.36. The zero-order valence-corrected chi connectivity index (χ0v) is 9.36. The van der Waals surface area contributed by atoms with E-state index in [4.69, 9.17) is 0 Å². The highest BCUT2D eigenvalue weighted by Crippen LogP contribution is 2.37. The Balaban J connectivity index is 2.34. The predicted octanol–water partition coefficient (Wildman–Crippen LogP) is 2.44. The van der Waals surface area contributed by atoms with Crippen molar-refractivity contribution in [3.63, 3.8) is 0 Å². The summed E-state index contributed by atoms with van der Waals surface area (Å²) in [6.45, 7) is 6.80. The van der Waals surface area contributed by atoms with Crippen molar-refractivity contribution in [3.8, 4) is 0 Å². The molecule has 0 N–H and O–H groups in total. The van der Waals surface area contributed by atoms with Gasteiger partial charge in [-0.15, -0.1) is 0 Å². The van der Waals surface area contributed by atoms with Gasteiger partial charge >= 0.3 is 0 Å². The van der Waals surface area contributed by atoms with Crippen LogP contribution in [0.15, 0.2) is 28.9 Å². The molecule has 0 amide bonds. The number of allylic oxidation sites excluding steroid dienone is 2. The van der Waals surface area contributed by atoms with Gasteiger partial charge in [-0.1, -0.05) is 39.0 Å². The third-order valence-corrected chi connectivity index (χ3v) is 2.98. The summed E-state index contributed by atoms with van der Waals surface area (Å²) < 4.78 is 0. The fraction of sp³-hybridized carbons (Fsp3) is 0.583. The predicted molar refractivity (Wildman–Crippen MR) is 60.2 cm³/mol. The van der Waals surface area contributed by atoms with Gasteiger partial charge in [-0.2, -0.15) is 5.10 Å². The Hall–Kier alpha value is -1.05. The van der Waals surface area contributed by atoms with Crippen LogP contribution >= 0.6 is 0 Å². The maximum absolute atomic E-state index is 4.36. The van der Waals surface area contributed by atoms with Crippen LogP contribution in [0.5, 0.6) is 0 Å². The third kappa shape index (κ3) is 1.39. The van der Waals surface area contributed by atoms with E-state index in [0.29, 0.717) is 12.0 Å². The molecule has 0 spiro atoms. The number of likely N-dealkylation sites (N-methyl/N-ethyl adjacent to an activating group) is 1. The summed E-state index contributed by atoms with van der Waals surface area (Å²) in [5, 5.41) is 6.44. The van der Waals surface area contributed by atoms with E-state index in [9.17, 15) is 0 Å². The molecule has 0 radical (unpaired) electrons. The molecule has 76 valence electrons. The van der Waals surface area contributed by atoms with Gasteiger partial charge in [0.2, 0.25) is 0 Å². The number of hydrogen-bond acceptors (Lipinski definition) is 2. The Kier molecular flexibility index (Phi) is 2.02. The summed E-state index contributed by atoms with van der Waals surface area (Å²) in [5.41, 5.74) is 1.71. The van der Waals surface area contributed by atoms with Crippen molar-refractivity contribution in [3.05, 3.63) is 23.8 Å². The summed E-state index contributed by atoms with van der Waals surface area (Å²) in [7, 11) is 2.06. The molecule has 2 heteroatoms. The molecule has 2 rings (SSSR count).